The Morgan fingerprint density at radius 2 is 2.14 bits per heavy atom. The number of nitrogens with two attached hydrogens (primary N) is 1. The third kappa shape index (κ3) is 4.12. The van der Waals surface area contributed by atoms with Crippen molar-refractivity contribution in [2.45, 2.75) is 63.6 Å². The molecule has 0 aliphatic heterocycles. The average Bonchev–Trinajstić information content (AvgIpc) is 3.14. The molecule has 0 radical (unpaired) electrons. The van der Waals surface area contributed by atoms with Gasteiger partial charge in [-0.25, -0.2) is 0 Å². The molecule has 3 rings (SSSR count). The van der Waals surface area contributed by atoms with Gasteiger partial charge in [0.15, 0.2) is 5.82 Å². The van der Waals surface area contributed by atoms with Crippen LogP contribution in [0.5, 0.6) is 0 Å². The van der Waals surface area contributed by atoms with Crippen LogP contribution in [0.2, 0.25) is 0 Å². The maximum Gasteiger partial charge on any atom is 0.225 e. The molecule has 2 atom stereocenters. The van der Waals surface area contributed by atoms with E-state index >= 15 is 0 Å². The lowest BCUT2D eigenvalue weighted by molar-refractivity contribution is -0.128. The quantitative estimate of drug-likeness (QED) is 0.869. The Labute approximate surface area is 143 Å². The van der Waals surface area contributed by atoms with Gasteiger partial charge in [-0.1, -0.05) is 12.8 Å². The topological polar surface area (TPSA) is 85.8 Å². The summed E-state index contributed by atoms with van der Waals surface area (Å²) in [4.78, 5) is 12.4. The number of carbonyl (C=O) groups excluding carboxylic acids is 1. The van der Waals surface area contributed by atoms with E-state index in [4.69, 9.17) is 5.73 Å². The molecule has 0 aromatic carbocycles. The summed E-state index contributed by atoms with van der Waals surface area (Å²) in [6.07, 6.45) is 8.13. The Balaban J connectivity index is 0.00000121. The van der Waals surface area contributed by atoms with Gasteiger partial charge in [-0.05, 0) is 32.6 Å². The number of hydrogen-bond acceptors (Lipinski definition) is 4. The van der Waals surface area contributed by atoms with Gasteiger partial charge in [-0.3, -0.25) is 4.79 Å². The fourth-order valence-corrected chi connectivity index (χ4v) is 3.13. The predicted molar refractivity (Wildman–Crippen MR) is 89.2 cm³/mol. The summed E-state index contributed by atoms with van der Waals surface area (Å²) in [5.41, 5.74) is 5.88. The van der Waals surface area contributed by atoms with Gasteiger partial charge in [-0.15, -0.1) is 35.0 Å². The molecule has 126 valence electrons. The minimum Gasteiger partial charge on any atom is -0.348 e. The molecule has 2 aliphatic carbocycles. The summed E-state index contributed by atoms with van der Waals surface area (Å²) in [5.74, 6) is 0.809. The second-order valence-electron chi connectivity index (χ2n) is 6.41. The Kier molecular flexibility index (Phi) is 6.65. The first-order chi connectivity index (χ1) is 9.58. The molecule has 6 nitrogen and oxygen atoms in total. The van der Waals surface area contributed by atoms with E-state index in [1.165, 1.54) is 12.8 Å². The lowest BCUT2D eigenvalue weighted by Crippen LogP contribution is -2.52. The molecule has 2 saturated carbocycles. The molecule has 1 aromatic rings. The van der Waals surface area contributed by atoms with Gasteiger partial charge in [0, 0.05) is 11.6 Å². The van der Waals surface area contributed by atoms with Crippen molar-refractivity contribution in [2.75, 3.05) is 0 Å². The molecule has 2 aliphatic rings. The number of nitrogens with zero attached hydrogens (tertiary/aromatic N) is 3. The molecule has 0 spiro atoms. The van der Waals surface area contributed by atoms with Crippen molar-refractivity contribution in [1.82, 2.24) is 20.1 Å². The van der Waals surface area contributed by atoms with Crippen LogP contribution in [0.4, 0.5) is 0 Å². The molecule has 2 fully saturated rings. The Bertz CT molecular complexity index is 501. The minimum absolute atomic E-state index is 0. The monoisotopic (exact) mass is 349 g/mol. The van der Waals surface area contributed by atoms with E-state index in [1.807, 2.05) is 6.92 Å². The maximum absolute atomic E-state index is 12.4. The van der Waals surface area contributed by atoms with E-state index in [-0.39, 0.29) is 42.2 Å². The van der Waals surface area contributed by atoms with Crippen LogP contribution in [0.3, 0.4) is 0 Å². The van der Waals surface area contributed by atoms with Crippen LogP contribution in [0.25, 0.3) is 0 Å². The highest BCUT2D eigenvalue weighted by atomic mass is 35.5. The highest BCUT2D eigenvalue weighted by molar-refractivity contribution is 5.85. The molecule has 0 saturated heterocycles. The van der Waals surface area contributed by atoms with Crippen molar-refractivity contribution in [2.24, 2.45) is 11.7 Å². The lowest BCUT2D eigenvalue weighted by Gasteiger charge is -2.37. The molecule has 1 amide bonds. The molecule has 22 heavy (non-hydrogen) atoms. The Morgan fingerprint density at radius 1 is 1.41 bits per heavy atom. The summed E-state index contributed by atoms with van der Waals surface area (Å²) in [6, 6.07) is 0.534. The normalized spacial score (nSPS) is 27.5. The van der Waals surface area contributed by atoms with Crippen LogP contribution >= 0.6 is 24.8 Å². The van der Waals surface area contributed by atoms with Gasteiger partial charge in [0.2, 0.25) is 5.91 Å². The van der Waals surface area contributed by atoms with E-state index < -0.39 is 0 Å². The summed E-state index contributed by atoms with van der Waals surface area (Å²) >= 11 is 0. The van der Waals surface area contributed by atoms with Crippen LogP contribution < -0.4 is 11.1 Å². The van der Waals surface area contributed by atoms with Gasteiger partial charge < -0.3 is 15.6 Å². The molecule has 2 unspecified atom stereocenters. The van der Waals surface area contributed by atoms with Crippen LogP contribution in [-0.4, -0.2) is 26.2 Å². The van der Waals surface area contributed by atoms with Crippen molar-refractivity contribution < 1.29 is 4.79 Å². The summed E-state index contributed by atoms with van der Waals surface area (Å²) in [6.45, 7) is 2.44. The van der Waals surface area contributed by atoms with Crippen LogP contribution in [0, 0.1) is 5.92 Å². The number of amides is 1. The molecular formula is C14H25Cl2N5O. The highest BCUT2D eigenvalue weighted by Gasteiger charge is 2.37. The Hall–Kier alpha value is -0.850. The van der Waals surface area contributed by atoms with Gasteiger partial charge in [0.25, 0.3) is 0 Å². The first kappa shape index (κ1) is 19.2. The summed E-state index contributed by atoms with van der Waals surface area (Å²) in [5, 5.41) is 11.0. The van der Waals surface area contributed by atoms with E-state index in [2.05, 4.69) is 20.1 Å². The standard InChI is InChI=1S/C14H23N5O.2ClH/c1-14(15)7-3-2-4-11(14)13(20)16-8-12-18-17-9-19(12)10-5-6-10;;/h9-11H,2-8,15H2,1H3,(H,16,20);2*1H. The van der Waals surface area contributed by atoms with E-state index in [0.717, 1.165) is 31.5 Å². The second kappa shape index (κ2) is 7.62. The van der Waals surface area contributed by atoms with E-state index in [9.17, 15) is 4.79 Å². The predicted octanol–water partition coefficient (Wildman–Crippen LogP) is 1.98. The van der Waals surface area contributed by atoms with E-state index in [0.29, 0.717) is 12.6 Å². The van der Waals surface area contributed by atoms with Crippen molar-refractivity contribution in [3.8, 4) is 0 Å². The van der Waals surface area contributed by atoms with Crippen molar-refractivity contribution >= 4 is 30.7 Å². The second-order valence-corrected chi connectivity index (χ2v) is 6.41. The number of halogens is 2. The number of carbonyl (C=O) groups is 1. The molecular weight excluding hydrogens is 325 g/mol. The first-order valence-electron chi connectivity index (χ1n) is 7.53. The smallest absolute Gasteiger partial charge is 0.225 e. The average molecular weight is 350 g/mol. The van der Waals surface area contributed by atoms with Gasteiger partial charge in [0.05, 0.1) is 12.5 Å². The van der Waals surface area contributed by atoms with Crippen molar-refractivity contribution in [3.63, 3.8) is 0 Å². The fraction of sp³-hybridized carbons (Fsp3) is 0.786. The molecule has 0 bridgehead atoms. The van der Waals surface area contributed by atoms with Crippen LogP contribution in [0.1, 0.15) is 57.3 Å². The van der Waals surface area contributed by atoms with Gasteiger partial charge in [-0.2, -0.15) is 0 Å². The number of hydrogen-bond donors (Lipinski definition) is 2. The Morgan fingerprint density at radius 3 is 2.77 bits per heavy atom. The molecule has 3 N–H and O–H groups in total. The van der Waals surface area contributed by atoms with Gasteiger partial charge >= 0.3 is 0 Å². The SMILES string of the molecule is CC1(N)CCCCC1C(=O)NCc1nncn1C1CC1.Cl.Cl. The molecule has 8 heteroatoms. The van der Waals surface area contributed by atoms with Crippen molar-refractivity contribution in [1.29, 1.82) is 0 Å². The van der Waals surface area contributed by atoms with Gasteiger partial charge in [0.1, 0.15) is 6.33 Å². The summed E-state index contributed by atoms with van der Waals surface area (Å²) in [7, 11) is 0. The zero-order valence-corrected chi connectivity index (χ0v) is 14.5. The fourth-order valence-electron chi connectivity index (χ4n) is 3.13. The molecule has 1 aromatic heterocycles. The van der Waals surface area contributed by atoms with Crippen LogP contribution in [-0.2, 0) is 11.3 Å². The first-order valence-corrected chi connectivity index (χ1v) is 7.53. The zero-order valence-electron chi connectivity index (χ0n) is 12.8. The third-order valence-electron chi connectivity index (χ3n) is 4.58. The van der Waals surface area contributed by atoms with Crippen LogP contribution in [0.15, 0.2) is 6.33 Å². The van der Waals surface area contributed by atoms with Crippen molar-refractivity contribution in [3.05, 3.63) is 12.2 Å². The largest absolute Gasteiger partial charge is 0.348 e. The number of nitrogens with one attached hydrogen (secondary N) is 1. The summed E-state index contributed by atoms with van der Waals surface area (Å²) < 4.78 is 2.07. The lowest BCUT2D eigenvalue weighted by atomic mass is 9.74. The molecule has 1 heterocycles. The minimum atomic E-state index is -0.382. The third-order valence-corrected chi connectivity index (χ3v) is 4.58. The highest BCUT2D eigenvalue weighted by Crippen LogP contribution is 2.35. The maximum atomic E-state index is 12.4. The zero-order chi connectivity index (χ0) is 14.2. The number of rotatable bonds is 4. The van der Waals surface area contributed by atoms with E-state index in [1.54, 1.807) is 6.33 Å². The number of aromatic nitrogens is 3.